The van der Waals surface area contributed by atoms with Crippen LogP contribution in [0.2, 0.25) is 0 Å². The van der Waals surface area contributed by atoms with Gasteiger partial charge >= 0.3 is 6.03 Å². The number of aromatic nitrogens is 3. The molecule has 0 spiro atoms. The van der Waals surface area contributed by atoms with Gasteiger partial charge in [0.25, 0.3) is 0 Å². The zero-order chi connectivity index (χ0) is 20.5. The number of rotatable bonds is 4. The quantitative estimate of drug-likeness (QED) is 0.740. The van der Waals surface area contributed by atoms with Crippen LogP contribution >= 0.6 is 23.1 Å². The Morgan fingerprint density at radius 1 is 1.36 bits per heavy atom. The lowest BCUT2D eigenvalue weighted by atomic mass is 9.72. The van der Waals surface area contributed by atoms with E-state index in [0.717, 1.165) is 23.5 Å². The molecule has 152 valence electrons. The molecule has 0 saturated heterocycles. The number of nitrogens with one attached hydrogen (secondary N) is 2. The Bertz CT molecular complexity index is 882. The maximum atomic E-state index is 11.8. The third-order valence-electron chi connectivity index (χ3n) is 5.18. The number of hydrogen-bond acceptors (Lipinski definition) is 6. The smallest absolute Gasteiger partial charge is 0.321 e. The van der Waals surface area contributed by atoms with E-state index in [1.54, 1.807) is 11.3 Å². The van der Waals surface area contributed by atoms with Crippen LogP contribution in [0, 0.1) is 11.3 Å². The number of fused-ring (bicyclic) bond motifs is 1. The number of nitrogens with zero attached hydrogens (tertiary/aromatic N) is 3. The summed E-state index contributed by atoms with van der Waals surface area (Å²) in [4.78, 5) is 25.5. The number of thioether (sulfide) groups is 1. The van der Waals surface area contributed by atoms with Gasteiger partial charge in [0.15, 0.2) is 11.0 Å². The molecule has 0 saturated carbocycles. The first kappa shape index (κ1) is 20.9. The van der Waals surface area contributed by atoms with E-state index >= 15 is 0 Å². The summed E-state index contributed by atoms with van der Waals surface area (Å²) in [5, 5.41) is 13.8. The Hall–Kier alpha value is -1.87. The molecular weight excluding hydrogens is 394 g/mol. The maximum absolute atomic E-state index is 11.8. The number of thiophene rings is 1. The number of hydrogen-bond donors (Lipinski definition) is 2. The van der Waals surface area contributed by atoms with Crippen LogP contribution in [0.15, 0.2) is 11.2 Å². The zero-order valence-corrected chi connectivity index (χ0v) is 18.6. The first-order valence-corrected chi connectivity index (χ1v) is 11.1. The minimum absolute atomic E-state index is 0.105. The van der Waals surface area contributed by atoms with Crippen molar-refractivity contribution in [2.75, 3.05) is 12.8 Å². The lowest BCUT2D eigenvalue weighted by Crippen LogP contribution is -2.38. The minimum Gasteiger partial charge on any atom is -0.341 e. The highest BCUT2D eigenvalue weighted by molar-refractivity contribution is 7.99. The summed E-state index contributed by atoms with van der Waals surface area (Å²) >= 11 is 3.06. The zero-order valence-electron chi connectivity index (χ0n) is 17.0. The van der Waals surface area contributed by atoms with Crippen LogP contribution in [0.25, 0.3) is 10.7 Å². The summed E-state index contributed by atoms with van der Waals surface area (Å²) in [6.45, 7) is 6.97. The van der Waals surface area contributed by atoms with Gasteiger partial charge in [-0.05, 0) is 42.2 Å². The van der Waals surface area contributed by atoms with Crippen LogP contribution in [0.5, 0.6) is 0 Å². The predicted octanol–water partition coefficient (Wildman–Crippen LogP) is 3.24. The second kappa shape index (κ2) is 8.24. The van der Waals surface area contributed by atoms with Gasteiger partial charge in [0, 0.05) is 19.0 Å². The van der Waals surface area contributed by atoms with E-state index in [9.17, 15) is 9.59 Å². The van der Waals surface area contributed by atoms with Gasteiger partial charge in [0.2, 0.25) is 5.91 Å². The van der Waals surface area contributed by atoms with Gasteiger partial charge in [-0.15, -0.1) is 21.5 Å². The van der Waals surface area contributed by atoms with Gasteiger partial charge in [0.1, 0.15) is 0 Å². The first-order chi connectivity index (χ1) is 13.2. The molecule has 2 N–H and O–H groups in total. The molecule has 2 aromatic heterocycles. The highest BCUT2D eigenvalue weighted by atomic mass is 32.2. The third kappa shape index (κ3) is 4.57. The number of amides is 3. The molecule has 7 nitrogen and oxygen atoms in total. The van der Waals surface area contributed by atoms with Gasteiger partial charge in [-0.2, -0.15) is 0 Å². The second-order valence-electron chi connectivity index (χ2n) is 8.15. The Morgan fingerprint density at radius 3 is 2.79 bits per heavy atom. The average Bonchev–Trinajstić information content (AvgIpc) is 3.21. The molecule has 3 amide bonds. The Labute approximate surface area is 173 Å². The van der Waals surface area contributed by atoms with Crippen molar-refractivity contribution in [3.63, 3.8) is 0 Å². The fourth-order valence-corrected chi connectivity index (χ4v) is 5.32. The van der Waals surface area contributed by atoms with Crippen LogP contribution in [0.1, 0.15) is 37.6 Å². The largest absolute Gasteiger partial charge is 0.341 e. The molecule has 3 rings (SSSR count). The number of aryl methyl sites for hydroxylation is 1. The maximum Gasteiger partial charge on any atom is 0.321 e. The van der Waals surface area contributed by atoms with E-state index in [2.05, 4.69) is 47.7 Å². The molecule has 0 fully saturated rings. The van der Waals surface area contributed by atoms with Crippen LogP contribution < -0.4 is 10.6 Å². The molecule has 9 heteroatoms. The van der Waals surface area contributed by atoms with Gasteiger partial charge < -0.3 is 9.88 Å². The molecule has 28 heavy (non-hydrogen) atoms. The van der Waals surface area contributed by atoms with Crippen molar-refractivity contribution >= 4 is 35.0 Å². The molecular formula is C19H27N5O2S2. The lowest BCUT2D eigenvalue weighted by Gasteiger charge is -2.33. The summed E-state index contributed by atoms with van der Waals surface area (Å²) in [6, 6.07) is 1.75. The number of imide groups is 1. The summed E-state index contributed by atoms with van der Waals surface area (Å²) in [6.07, 6.45) is 3.48. The van der Waals surface area contributed by atoms with E-state index in [-0.39, 0.29) is 11.7 Å². The fraction of sp³-hybridized carbons (Fsp3) is 0.579. The Morgan fingerprint density at radius 2 is 2.11 bits per heavy atom. The predicted molar refractivity (Wildman–Crippen MR) is 113 cm³/mol. The molecule has 0 aliphatic heterocycles. The summed E-state index contributed by atoms with van der Waals surface area (Å²) in [7, 11) is 3.38. The highest BCUT2D eigenvalue weighted by Crippen LogP contribution is 2.42. The monoisotopic (exact) mass is 421 g/mol. The second-order valence-corrected chi connectivity index (χ2v) is 10.2. The first-order valence-electron chi connectivity index (χ1n) is 9.34. The van der Waals surface area contributed by atoms with Crippen molar-refractivity contribution in [2.24, 2.45) is 18.4 Å². The standard InChI is InChI=1S/C19H27N5O2S2/c1-19(2,3)12-6-7-13-11(8-12)9-14(28-13)16-22-23-18(24(16)5)27-10-15(25)21-17(26)20-4/h9,12H,6-8,10H2,1-5H3,(H2,20,21,25,26)/t12-/m1/s1. The van der Waals surface area contributed by atoms with Crippen LogP contribution in [0.4, 0.5) is 4.79 Å². The molecule has 1 aliphatic rings. The van der Waals surface area contributed by atoms with E-state index in [1.165, 1.54) is 35.7 Å². The molecule has 0 unspecified atom stereocenters. The molecule has 0 bridgehead atoms. The average molecular weight is 422 g/mol. The third-order valence-corrected chi connectivity index (χ3v) is 7.43. The summed E-state index contributed by atoms with van der Waals surface area (Å²) < 4.78 is 1.91. The van der Waals surface area contributed by atoms with Crippen molar-refractivity contribution in [2.45, 2.75) is 45.2 Å². The fourth-order valence-electron chi connectivity index (χ4n) is 3.38. The topological polar surface area (TPSA) is 88.9 Å². The van der Waals surface area contributed by atoms with E-state index in [4.69, 9.17) is 0 Å². The van der Waals surface area contributed by atoms with Gasteiger partial charge in [-0.3, -0.25) is 10.1 Å². The summed E-state index contributed by atoms with van der Waals surface area (Å²) in [5.41, 5.74) is 1.76. The minimum atomic E-state index is -0.512. The molecule has 0 aromatic carbocycles. The molecule has 2 heterocycles. The van der Waals surface area contributed by atoms with E-state index in [1.807, 2.05) is 11.6 Å². The highest BCUT2D eigenvalue weighted by Gasteiger charge is 2.30. The number of carbonyl (C=O) groups is 2. The molecule has 0 radical (unpaired) electrons. The van der Waals surface area contributed by atoms with Crippen LogP contribution in [-0.2, 0) is 24.7 Å². The Kier molecular flexibility index (Phi) is 6.14. The molecule has 1 atom stereocenters. The summed E-state index contributed by atoms with van der Waals surface area (Å²) in [5.74, 6) is 1.26. The van der Waals surface area contributed by atoms with Crippen molar-refractivity contribution in [1.82, 2.24) is 25.4 Å². The van der Waals surface area contributed by atoms with Crippen molar-refractivity contribution in [1.29, 1.82) is 0 Å². The normalized spacial score (nSPS) is 16.5. The molecule has 2 aromatic rings. The Balaban J connectivity index is 1.70. The van der Waals surface area contributed by atoms with Crippen molar-refractivity contribution in [3.05, 3.63) is 16.5 Å². The van der Waals surface area contributed by atoms with Gasteiger partial charge in [-0.1, -0.05) is 32.5 Å². The van der Waals surface area contributed by atoms with Crippen LogP contribution in [0.3, 0.4) is 0 Å². The lowest BCUT2D eigenvalue weighted by molar-refractivity contribution is -0.117. The van der Waals surface area contributed by atoms with E-state index in [0.29, 0.717) is 16.5 Å². The molecule has 1 aliphatic carbocycles. The van der Waals surface area contributed by atoms with Crippen LogP contribution in [-0.4, -0.2) is 39.5 Å². The SMILES string of the molecule is CNC(=O)NC(=O)CSc1nnc(-c2cc3c(s2)CC[C@@H](C(C)(C)C)C3)n1C. The van der Waals surface area contributed by atoms with Gasteiger partial charge in [-0.25, -0.2) is 4.79 Å². The van der Waals surface area contributed by atoms with Crippen molar-refractivity contribution in [3.8, 4) is 10.7 Å². The van der Waals surface area contributed by atoms with E-state index < -0.39 is 6.03 Å². The van der Waals surface area contributed by atoms with Gasteiger partial charge in [0.05, 0.1) is 10.6 Å². The number of carbonyl (C=O) groups excluding carboxylic acids is 2. The number of urea groups is 1. The van der Waals surface area contributed by atoms with Crippen molar-refractivity contribution < 1.29 is 9.59 Å².